The van der Waals surface area contributed by atoms with Crippen molar-refractivity contribution in [2.75, 3.05) is 39.8 Å². The lowest BCUT2D eigenvalue weighted by molar-refractivity contribution is -0.141. The monoisotopic (exact) mass is 301 g/mol. The number of carbonyl (C=O) groups excluding carboxylic acids is 1. The van der Waals surface area contributed by atoms with Crippen LogP contribution in [0.25, 0.3) is 0 Å². The van der Waals surface area contributed by atoms with Crippen molar-refractivity contribution >= 4 is 12.0 Å². The highest BCUT2D eigenvalue weighted by atomic mass is 16.5. The van der Waals surface area contributed by atoms with Crippen molar-refractivity contribution in [3.05, 3.63) is 0 Å². The molecule has 7 nitrogen and oxygen atoms in total. The highest BCUT2D eigenvalue weighted by Gasteiger charge is 2.25. The molecular formula is C14H27N3O4. The fourth-order valence-corrected chi connectivity index (χ4v) is 2.21. The first-order chi connectivity index (χ1) is 9.93. The van der Waals surface area contributed by atoms with Gasteiger partial charge in [0.05, 0.1) is 19.1 Å². The number of carbonyl (C=O) groups is 2. The first-order valence-corrected chi connectivity index (χ1v) is 7.50. The van der Waals surface area contributed by atoms with Gasteiger partial charge in [0, 0.05) is 32.2 Å². The molecule has 1 rings (SSSR count). The van der Waals surface area contributed by atoms with Gasteiger partial charge in [0.1, 0.15) is 0 Å². The van der Waals surface area contributed by atoms with Crippen LogP contribution >= 0.6 is 0 Å². The quantitative estimate of drug-likeness (QED) is 0.719. The Morgan fingerprint density at radius 2 is 2.24 bits per heavy atom. The topological polar surface area (TPSA) is 82.1 Å². The molecule has 0 aromatic rings. The van der Waals surface area contributed by atoms with Crippen LogP contribution in [0.4, 0.5) is 4.79 Å². The van der Waals surface area contributed by atoms with Gasteiger partial charge in [0.15, 0.2) is 0 Å². The van der Waals surface area contributed by atoms with E-state index in [0.29, 0.717) is 32.3 Å². The molecule has 7 heteroatoms. The van der Waals surface area contributed by atoms with E-state index in [-0.39, 0.29) is 12.5 Å². The summed E-state index contributed by atoms with van der Waals surface area (Å²) in [6, 6.07) is 0.344. The Hall–Kier alpha value is -1.34. The van der Waals surface area contributed by atoms with Gasteiger partial charge in [0.25, 0.3) is 0 Å². The molecule has 1 fully saturated rings. The van der Waals surface area contributed by atoms with Crippen LogP contribution in [0.15, 0.2) is 0 Å². The second kappa shape index (κ2) is 8.84. The summed E-state index contributed by atoms with van der Waals surface area (Å²) < 4.78 is 5.35. The van der Waals surface area contributed by atoms with Crippen LogP contribution in [0, 0.1) is 0 Å². The molecule has 122 valence electrons. The van der Waals surface area contributed by atoms with Crippen molar-refractivity contribution in [2.45, 2.75) is 38.8 Å². The number of nitrogens with one attached hydrogen (secondary N) is 1. The molecule has 21 heavy (non-hydrogen) atoms. The number of nitrogens with zero attached hydrogens (tertiary/aromatic N) is 2. The van der Waals surface area contributed by atoms with E-state index in [4.69, 9.17) is 9.84 Å². The van der Waals surface area contributed by atoms with E-state index < -0.39 is 12.1 Å². The second-order valence-electron chi connectivity index (χ2n) is 5.51. The third kappa shape index (κ3) is 6.31. The molecule has 0 saturated carbocycles. The number of ether oxygens (including phenoxy) is 1. The summed E-state index contributed by atoms with van der Waals surface area (Å²) in [6.45, 7) is 6.89. The van der Waals surface area contributed by atoms with Crippen molar-refractivity contribution in [1.29, 1.82) is 0 Å². The van der Waals surface area contributed by atoms with Crippen molar-refractivity contribution < 1.29 is 19.4 Å². The molecule has 0 spiro atoms. The second-order valence-corrected chi connectivity index (χ2v) is 5.51. The Morgan fingerprint density at radius 3 is 2.86 bits per heavy atom. The van der Waals surface area contributed by atoms with Gasteiger partial charge in [-0.25, -0.2) is 4.79 Å². The maximum atomic E-state index is 12.0. The van der Waals surface area contributed by atoms with Gasteiger partial charge in [-0.15, -0.1) is 0 Å². The molecule has 1 aliphatic heterocycles. The number of hydrogen-bond acceptors (Lipinski definition) is 4. The zero-order chi connectivity index (χ0) is 15.8. The number of hydrogen-bond donors (Lipinski definition) is 2. The molecule has 0 aliphatic carbocycles. The van der Waals surface area contributed by atoms with E-state index in [1.165, 1.54) is 0 Å². The smallest absolute Gasteiger partial charge is 0.317 e. The summed E-state index contributed by atoms with van der Waals surface area (Å²) in [5, 5.41) is 11.6. The Balaban J connectivity index is 2.29. The lowest BCUT2D eigenvalue weighted by Crippen LogP contribution is -2.51. The minimum atomic E-state index is -0.905. The minimum absolute atomic E-state index is 0.0689. The van der Waals surface area contributed by atoms with Gasteiger partial charge < -0.3 is 25.0 Å². The first-order valence-electron chi connectivity index (χ1n) is 7.50. The number of amides is 2. The Kier molecular flexibility index (Phi) is 7.45. The van der Waals surface area contributed by atoms with E-state index in [0.717, 1.165) is 13.0 Å². The summed E-state index contributed by atoms with van der Waals surface area (Å²) in [4.78, 5) is 26.5. The third-order valence-electron chi connectivity index (χ3n) is 3.91. The first kappa shape index (κ1) is 17.7. The standard InChI is InChI=1S/C14H27N3O4/c1-4-11(2)16(3)6-5-15-14(20)17-7-8-21-12(10-17)9-13(18)19/h11-12H,4-10H2,1-3H3,(H,15,20)(H,18,19). The predicted molar refractivity (Wildman–Crippen MR) is 79.3 cm³/mol. The lowest BCUT2D eigenvalue weighted by Gasteiger charge is -2.32. The van der Waals surface area contributed by atoms with E-state index >= 15 is 0 Å². The SMILES string of the molecule is CCC(C)N(C)CCNC(=O)N1CCOC(CC(=O)O)C1. The zero-order valence-electron chi connectivity index (χ0n) is 13.2. The molecular weight excluding hydrogens is 274 g/mol. The highest BCUT2D eigenvalue weighted by molar-refractivity contribution is 5.74. The van der Waals surface area contributed by atoms with Crippen LogP contribution in [0.5, 0.6) is 0 Å². The van der Waals surface area contributed by atoms with E-state index in [2.05, 4.69) is 24.1 Å². The molecule has 0 bridgehead atoms. The number of aliphatic carboxylic acids is 1. The number of rotatable bonds is 7. The van der Waals surface area contributed by atoms with Crippen LogP contribution in [0.2, 0.25) is 0 Å². The van der Waals surface area contributed by atoms with E-state index in [9.17, 15) is 9.59 Å². The van der Waals surface area contributed by atoms with Gasteiger partial charge in [-0.1, -0.05) is 6.92 Å². The fourth-order valence-electron chi connectivity index (χ4n) is 2.21. The van der Waals surface area contributed by atoms with Gasteiger partial charge in [-0.05, 0) is 20.4 Å². The lowest BCUT2D eigenvalue weighted by atomic mass is 10.2. The van der Waals surface area contributed by atoms with Crippen LogP contribution in [-0.2, 0) is 9.53 Å². The number of carboxylic acid groups (broad SMARTS) is 1. The maximum Gasteiger partial charge on any atom is 0.317 e. The molecule has 1 saturated heterocycles. The fraction of sp³-hybridized carbons (Fsp3) is 0.857. The summed E-state index contributed by atoms with van der Waals surface area (Å²) in [6.07, 6.45) is 0.593. The molecule has 1 aliphatic rings. The average Bonchev–Trinajstić information content (AvgIpc) is 2.45. The van der Waals surface area contributed by atoms with Crippen LogP contribution < -0.4 is 5.32 Å². The number of morpholine rings is 1. The molecule has 2 unspecified atom stereocenters. The molecule has 0 aromatic heterocycles. The molecule has 0 radical (unpaired) electrons. The molecule has 0 aromatic carbocycles. The number of carboxylic acids is 1. The summed E-state index contributed by atoms with van der Waals surface area (Å²) >= 11 is 0. The zero-order valence-corrected chi connectivity index (χ0v) is 13.2. The van der Waals surface area contributed by atoms with Crippen LogP contribution in [-0.4, -0.2) is 78.9 Å². The average molecular weight is 301 g/mol. The van der Waals surface area contributed by atoms with Crippen LogP contribution in [0.3, 0.4) is 0 Å². The summed E-state index contributed by atoms with van der Waals surface area (Å²) in [5.41, 5.74) is 0. The molecule has 2 atom stereocenters. The highest BCUT2D eigenvalue weighted by Crippen LogP contribution is 2.08. The Bertz CT molecular complexity index is 351. The Morgan fingerprint density at radius 1 is 1.52 bits per heavy atom. The third-order valence-corrected chi connectivity index (χ3v) is 3.91. The normalized spacial score (nSPS) is 20.4. The van der Waals surface area contributed by atoms with Crippen molar-refractivity contribution in [3.8, 4) is 0 Å². The van der Waals surface area contributed by atoms with Gasteiger partial charge in [0.2, 0.25) is 0 Å². The van der Waals surface area contributed by atoms with E-state index in [1.54, 1.807) is 4.90 Å². The van der Waals surface area contributed by atoms with Crippen molar-refractivity contribution in [2.24, 2.45) is 0 Å². The van der Waals surface area contributed by atoms with Gasteiger partial charge in [-0.3, -0.25) is 4.79 Å². The predicted octanol–water partition coefficient (Wildman–Crippen LogP) is 0.602. The number of urea groups is 1. The molecule has 1 heterocycles. The summed E-state index contributed by atoms with van der Waals surface area (Å²) in [7, 11) is 2.04. The maximum absolute atomic E-state index is 12.0. The van der Waals surface area contributed by atoms with E-state index in [1.807, 2.05) is 7.05 Å². The number of likely N-dealkylation sites (N-methyl/N-ethyl adjacent to an activating group) is 1. The molecule has 2 amide bonds. The Labute approximate surface area is 126 Å². The largest absolute Gasteiger partial charge is 0.481 e. The minimum Gasteiger partial charge on any atom is -0.481 e. The summed E-state index contributed by atoms with van der Waals surface area (Å²) in [5.74, 6) is -0.905. The molecule has 2 N–H and O–H groups in total. The van der Waals surface area contributed by atoms with Crippen molar-refractivity contribution in [1.82, 2.24) is 15.1 Å². The van der Waals surface area contributed by atoms with Crippen LogP contribution in [0.1, 0.15) is 26.7 Å². The van der Waals surface area contributed by atoms with Crippen molar-refractivity contribution in [3.63, 3.8) is 0 Å². The van der Waals surface area contributed by atoms with Gasteiger partial charge in [-0.2, -0.15) is 0 Å². The van der Waals surface area contributed by atoms with Gasteiger partial charge >= 0.3 is 12.0 Å².